The Morgan fingerprint density at radius 1 is 1.09 bits per heavy atom. The van der Waals surface area contributed by atoms with Crippen LogP contribution in [0.2, 0.25) is 0 Å². The maximum atomic E-state index is 13.2. The van der Waals surface area contributed by atoms with E-state index in [4.69, 9.17) is 4.74 Å². The zero-order valence-electron chi connectivity index (χ0n) is 19.5. The van der Waals surface area contributed by atoms with Crippen LogP contribution in [-0.4, -0.2) is 48.4 Å². The molecule has 1 aliphatic heterocycles. The second-order valence-corrected chi connectivity index (χ2v) is 10.3. The predicted octanol–water partition coefficient (Wildman–Crippen LogP) is 3.68. The number of hydrogen-bond acceptors (Lipinski definition) is 5. The molecule has 0 radical (unpaired) electrons. The van der Waals surface area contributed by atoms with Gasteiger partial charge in [-0.1, -0.05) is 31.0 Å². The molecule has 1 fully saturated rings. The number of carbonyl (C=O) groups excluding carboxylic acids is 1. The van der Waals surface area contributed by atoms with Gasteiger partial charge in [-0.3, -0.25) is 4.79 Å². The first-order valence-electron chi connectivity index (χ1n) is 11.5. The SMILES string of the molecule is COc1ccc(S(=O)(=O)N2CCCCCC2)cc1C(=O)NCc1ccccc1-n1ccnc1C. The highest BCUT2D eigenvalue weighted by atomic mass is 32.2. The number of methoxy groups -OCH3 is 1. The molecule has 0 bridgehead atoms. The number of nitrogens with one attached hydrogen (secondary N) is 1. The lowest BCUT2D eigenvalue weighted by Gasteiger charge is -2.21. The Morgan fingerprint density at radius 3 is 2.50 bits per heavy atom. The Bertz CT molecular complexity index is 1260. The van der Waals surface area contributed by atoms with Crippen molar-refractivity contribution in [1.82, 2.24) is 19.2 Å². The molecule has 8 nitrogen and oxygen atoms in total. The number of rotatable bonds is 7. The molecule has 0 saturated carbocycles. The number of carbonyl (C=O) groups is 1. The second kappa shape index (κ2) is 10.4. The van der Waals surface area contributed by atoms with E-state index in [1.165, 1.54) is 23.5 Å². The minimum atomic E-state index is -3.69. The van der Waals surface area contributed by atoms with Gasteiger partial charge in [-0.15, -0.1) is 0 Å². The number of amides is 1. The molecule has 4 rings (SSSR count). The summed E-state index contributed by atoms with van der Waals surface area (Å²) in [4.78, 5) is 17.5. The van der Waals surface area contributed by atoms with E-state index in [9.17, 15) is 13.2 Å². The molecular weight excluding hydrogens is 452 g/mol. The van der Waals surface area contributed by atoms with Crippen LogP contribution < -0.4 is 10.1 Å². The van der Waals surface area contributed by atoms with E-state index in [2.05, 4.69) is 10.3 Å². The van der Waals surface area contributed by atoms with Crippen LogP contribution in [0.15, 0.2) is 59.8 Å². The molecule has 1 aromatic heterocycles. The van der Waals surface area contributed by atoms with E-state index in [1.54, 1.807) is 12.3 Å². The van der Waals surface area contributed by atoms with Gasteiger partial charge in [0, 0.05) is 32.0 Å². The molecule has 9 heteroatoms. The Kier molecular flexibility index (Phi) is 7.33. The summed E-state index contributed by atoms with van der Waals surface area (Å²) in [5, 5.41) is 2.92. The van der Waals surface area contributed by atoms with Crippen molar-refractivity contribution in [3.05, 3.63) is 71.8 Å². The van der Waals surface area contributed by atoms with Crippen LogP contribution in [0.5, 0.6) is 5.75 Å². The monoisotopic (exact) mass is 482 g/mol. The Labute approximate surface area is 200 Å². The van der Waals surface area contributed by atoms with Crippen molar-refractivity contribution < 1.29 is 17.9 Å². The van der Waals surface area contributed by atoms with E-state index < -0.39 is 15.9 Å². The normalized spacial score (nSPS) is 15.0. The first kappa shape index (κ1) is 24.0. The van der Waals surface area contributed by atoms with Crippen molar-refractivity contribution in [3.8, 4) is 11.4 Å². The number of imidazole rings is 1. The molecule has 34 heavy (non-hydrogen) atoms. The van der Waals surface area contributed by atoms with Crippen LogP contribution in [0, 0.1) is 6.92 Å². The minimum Gasteiger partial charge on any atom is -0.496 e. The zero-order chi connectivity index (χ0) is 24.1. The topological polar surface area (TPSA) is 93.5 Å². The fourth-order valence-electron chi connectivity index (χ4n) is 4.25. The lowest BCUT2D eigenvalue weighted by Crippen LogP contribution is -2.32. The van der Waals surface area contributed by atoms with Crippen LogP contribution in [0.1, 0.15) is 47.4 Å². The lowest BCUT2D eigenvalue weighted by molar-refractivity contribution is 0.0947. The van der Waals surface area contributed by atoms with E-state index in [0.717, 1.165) is 42.8 Å². The fourth-order valence-corrected chi connectivity index (χ4v) is 5.80. The largest absolute Gasteiger partial charge is 0.496 e. The third-order valence-electron chi connectivity index (χ3n) is 6.13. The second-order valence-electron chi connectivity index (χ2n) is 8.34. The number of nitrogens with zero attached hydrogens (tertiary/aromatic N) is 3. The third kappa shape index (κ3) is 5.00. The maximum Gasteiger partial charge on any atom is 0.255 e. The molecule has 0 atom stereocenters. The number of ether oxygens (including phenoxy) is 1. The highest BCUT2D eigenvalue weighted by molar-refractivity contribution is 7.89. The average molecular weight is 483 g/mol. The van der Waals surface area contributed by atoms with Gasteiger partial charge in [0.2, 0.25) is 10.0 Å². The van der Waals surface area contributed by atoms with Gasteiger partial charge in [0.1, 0.15) is 11.6 Å². The van der Waals surface area contributed by atoms with Gasteiger partial charge < -0.3 is 14.6 Å². The van der Waals surface area contributed by atoms with E-state index in [1.807, 2.05) is 42.0 Å². The molecule has 2 heterocycles. The van der Waals surface area contributed by atoms with Gasteiger partial charge in [0.05, 0.1) is 23.3 Å². The van der Waals surface area contributed by atoms with Crippen LogP contribution in [-0.2, 0) is 16.6 Å². The Morgan fingerprint density at radius 2 is 1.82 bits per heavy atom. The van der Waals surface area contributed by atoms with E-state index in [0.29, 0.717) is 18.8 Å². The van der Waals surface area contributed by atoms with Gasteiger partial charge in [-0.2, -0.15) is 4.31 Å². The molecule has 1 aliphatic rings. The molecule has 1 N–H and O–H groups in total. The average Bonchev–Trinajstić information content (AvgIpc) is 3.09. The van der Waals surface area contributed by atoms with Gasteiger partial charge in [0.15, 0.2) is 0 Å². The number of hydrogen-bond donors (Lipinski definition) is 1. The predicted molar refractivity (Wildman–Crippen MR) is 130 cm³/mol. The van der Waals surface area contributed by atoms with Crippen molar-refractivity contribution >= 4 is 15.9 Å². The molecule has 3 aromatic rings. The van der Waals surface area contributed by atoms with Crippen molar-refractivity contribution in [2.75, 3.05) is 20.2 Å². The van der Waals surface area contributed by atoms with Gasteiger partial charge in [0.25, 0.3) is 5.91 Å². The molecule has 0 spiro atoms. The number of sulfonamides is 1. The molecule has 2 aromatic carbocycles. The standard InChI is InChI=1S/C25H30N4O4S/c1-19-26-13-16-29(19)23-10-6-5-9-20(23)18-27-25(30)22-17-21(11-12-24(22)33-2)34(31,32)28-14-7-3-4-8-15-28/h5-6,9-13,16-17H,3-4,7-8,14-15,18H2,1-2H3,(H,27,30). The molecular formula is C25H30N4O4S. The molecule has 180 valence electrons. The van der Waals surface area contributed by atoms with Gasteiger partial charge in [-0.25, -0.2) is 13.4 Å². The van der Waals surface area contributed by atoms with Crippen molar-refractivity contribution in [3.63, 3.8) is 0 Å². The minimum absolute atomic E-state index is 0.106. The Balaban J connectivity index is 1.58. The fraction of sp³-hybridized carbons (Fsp3) is 0.360. The summed E-state index contributed by atoms with van der Waals surface area (Å²) < 4.78 is 35.3. The van der Waals surface area contributed by atoms with E-state index in [-0.39, 0.29) is 17.0 Å². The summed E-state index contributed by atoms with van der Waals surface area (Å²) in [6.45, 7) is 3.18. The lowest BCUT2D eigenvalue weighted by atomic mass is 10.1. The number of benzene rings is 2. The number of aromatic nitrogens is 2. The summed E-state index contributed by atoms with van der Waals surface area (Å²) in [6, 6.07) is 12.2. The quantitative estimate of drug-likeness (QED) is 0.554. The van der Waals surface area contributed by atoms with Crippen molar-refractivity contribution in [2.45, 2.75) is 44.0 Å². The molecule has 1 amide bonds. The van der Waals surface area contributed by atoms with Gasteiger partial charge in [-0.05, 0) is 49.6 Å². The van der Waals surface area contributed by atoms with Crippen LogP contribution in [0.4, 0.5) is 0 Å². The Hall–Kier alpha value is -3.17. The smallest absolute Gasteiger partial charge is 0.255 e. The summed E-state index contributed by atoms with van der Waals surface area (Å²) >= 11 is 0. The molecule has 1 saturated heterocycles. The summed E-state index contributed by atoms with van der Waals surface area (Å²) in [7, 11) is -2.22. The van der Waals surface area contributed by atoms with Crippen LogP contribution in [0.25, 0.3) is 5.69 Å². The molecule has 0 unspecified atom stereocenters. The van der Waals surface area contributed by atoms with Crippen LogP contribution >= 0.6 is 0 Å². The van der Waals surface area contributed by atoms with E-state index >= 15 is 0 Å². The summed E-state index contributed by atoms with van der Waals surface area (Å²) in [5.41, 5.74) is 2.02. The third-order valence-corrected chi connectivity index (χ3v) is 8.03. The highest BCUT2D eigenvalue weighted by Gasteiger charge is 2.27. The number of aryl methyl sites for hydroxylation is 1. The van der Waals surface area contributed by atoms with Crippen LogP contribution in [0.3, 0.4) is 0 Å². The molecule has 0 aliphatic carbocycles. The summed E-state index contributed by atoms with van der Waals surface area (Å²) in [5.74, 6) is 0.764. The number of para-hydroxylation sites is 1. The highest BCUT2D eigenvalue weighted by Crippen LogP contribution is 2.26. The van der Waals surface area contributed by atoms with Crippen molar-refractivity contribution in [2.24, 2.45) is 0 Å². The summed E-state index contributed by atoms with van der Waals surface area (Å²) in [6.07, 6.45) is 7.35. The van der Waals surface area contributed by atoms with Gasteiger partial charge >= 0.3 is 0 Å². The zero-order valence-corrected chi connectivity index (χ0v) is 20.3. The van der Waals surface area contributed by atoms with Crippen molar-refractivity contribution in [1.29, 1.82) is 0 Å². The first-order valence-corrected chi connectivity index (χ1v) is 12.9. The first-order chi connectivity index (χ1) is 16.4. The maximum absolute atomic E-state index is 13.2.